The third-order valence-electron chi connectivity index (χ3n) is 2.45. The molecule has 0 aliphatic carbocycles. The van der Waals surface area contributed by atoms with Crippen LogP contribution in [0.2, 0.25) is 0 Å². The Hall–Kier alpha value is -0.710. The zero-order chi connectivity index (χ0) is 10.3. The molecular weight excluding hydrogens is 217 g/mol. The summed E-state index contributed by atoms with van der Waals surface area (Å²) in [6.07, 6.45) is -1.61. The van der Waals surface area contributed by atoms with Gasteiger partial charge in [0.2, 0.25) is 0 Å². The molecule has 0 fully saturated rings. The largest absolute Gasteiger partial charge is 0.395 e. The second-order valence-electron chi connectivity index (χ2n) is 3.41. The number of allylic oxidation sites excluding steroid dienone is 1. The second-order valence-corrected chi connectivity index (χ2v) is 3.80. The number of fused-ring (bicyclic) bond motifs is 1. The van der Waals surface area contributed by atoms with Crippen LogP contribution in [-0.4, -0.2) is 30.0 Å². The minimum Gasteiger partial charge on any atom is -0.319 e. The maximum Gasteiger partial charge on any atom is 0.395 e. The summed E-state index contributed by atoms with van der Waals surface area (Å²) >= 11 is 5.71. The molecule has 0 spiro atoms. The zero-order valence-electron chi connectivity index (χ0n) is 7.13. The Bertz CT molecular complexity index is 297. The van der Waals surface area contributed by atoms with Gasteiger partial charge in [-0.15, -0.1) is 0 Å². The molecule has 2 atom stereocenters. The van der Waals surface area contributed by atoms with E-state index in [1.165, 1.54) is 6.34 Å². The van der Waals surface area contributed by atoms with Crippen LogP contribution in [0.25, 0.3) is 0 Å². The molecule has 2 nitrogen and oxygen atoms in total. The summed E-state index contributed by atoms with van der Waals surface area (Å²) in [6, 6.07) is -0.223. The lowest BCUT2D eigenvalue weighted by Gasteiger charge is -2.32. The lowest BCUT2D eigenvalue weighted by molar-refractivity contribution is -0.166. The molecule has 2 unspecified atom stereocenters. The highest BCUT2D eigenvalue weighted by molar-refractivity contribution is 6.30. The highest BCUT2D eigenvalue weighted by Gasteiger charge is 2.44. The van der Waals surface area contributed by atoms with Crippen molar-refractivity contribution in [2.24, 2.45) is 10.9 Å². The van der Waals surface area contributed by atoms with E-state index in [-0.39, 0.29) is 17.6 Å². The molecule has 0 N–H and O–H groups in total. The Labute approximate surface area is 84.0 Å². The van der Waals surface area contributed by atoms with E-state index < -0.39 is 12.1 Å². The Morgan fingerprint density at radius 1 is 1.50 bits per heavy atom. The molecule has 0 saturated carbocycles. The van der Waals surface area contributed by atoms with Crippen LogP contribution in [0.5, 0.6) is 0 Å². The van der Waals surface area contributed by atoms with Crippen molar-refractivity contribution in [3.05, 3.63) is 11.2 Å². The first-order valence-electron chi connectivity index (χ1n) is 4.21. The van der Waals surface area contributed by atoms with E-state index in [2.05, 4.69) is 4.99 Å². The van der Waals surface area contributed by atoms with Gasteiger partial charge in [0.1, 0.15) is 5.16 Å². The standard InChI is InChI=1S/C8H8ClF3N2/c9-7-2-5(8(10,11)12)1-6-3-13-4-14(6)7/h2,4-6H,1,3H2. The zero-order valence-corrected chi connectivity index (χ0v) is 7.89. The Morgan fingerprint density at radius 2 is 2.21 bits per heavy atom. The van der Waals surface area contributed by atoms with E-state index in [4.69, 9.17) is 11.6 Å². The van der Waals surface area contributed by atoms with Crippen LogP contribution in [0, 0.1) is 5.92 Å². The Kier molecular flexibility index (Phi) is 2.21. The van der Waals surface area contributed by atoms with Crippen molar-refractivity contribution < 1.29 is 13.2 Å². The predicted molar refractivity (Wildman–Crippen MR) is 47.1 cm³/mol. The van der Waals surface area contributed by atoms with Gasteiger partial charge in [-0.2, -0.15) is 13.2 Å². The van der Waals surface area contributed by atoms with Gasteiger partial charge in [-0.3, -0.25) is 4.99 Å². The van der Waals surface area contributed by atoms with E-state index in [0.29, 0.717) is 6.54 Å². The smallest absolute Gasteiger partial charge is 0.319 e. The lowest BCUT2D eigenvalue weighted by atomic mass is 9.96. The van der Waals surface area contributed by atoms with Crippen molar-refractivity contribution in [1.82, 2.24) is 4.90 Å². The predicted octanol–water partition coefficient (Wildman–Crippen LogP) is 2.36. The maximum atomic E-state index is 12.4. The first kappa shape index (κ1) is 9.83. The molecule has 0 aromatic rings. The summed E-state index contributed by atoms with van der Waals surface area (Å²) in [4.78, 5) is 5.49. The van der Waals surface area contributed by atoms with Gasteiger partial charge in [0, 0.05) is 0 Å². The summed E-state index contributed by atoms with van der Waals surface area (Å²) in [5.41, 5.74) is 0. The SMILES string of the molecule is FC(F)(F)C1C=C(Cl)N2C=NCC2C1. The Balaban J connectivity index is 2.21. The fraction of sp³-hybridized carbons (Fsp3) is 0.625. The number of aliphatic imine (C=N–C) groups is 1. The lowest BCUT2D eigenvalue weighted by Crippen LogP contribution is -2.39. The summed E-state index contributed by atoms with van der Waals surface area (Å²) < 4.78 is 37.2. The number of alkyl halides is 3. The highest BCUT2D eigenvalue weighted by atomic mass is 35.5. The molecule has 0 radical (unpaired) electrons. The number of hydrogen-bond donors (Lipinski definition) is 0. The monoisotopic (exact) mass is 224 g/mol. The molecule has 0 bridgehead atoms. The molecule has 2 aliphatic heterocycles. The van der Waals surface area contributed by atoms with Crippen LogP contribution < -0.4 is 0 Å². The van der Waals surface area contributed by atoms with Crippen LogP contribution in [-0.2, 0) is 0 Å². The van der Waals surface area contributed by atoms with Crippen LogP contribution in [0.1, 0.15) is 6.42 Å². The summed E-state index contributed by atoms with van der Waals surface area (Å²) in [7, 11) is 0. The molecule has 6 heteroatoms. The molecule has 0 saturated heterocycles. The molecular formula is C8H8ClF3N2. The van der Waals surface area contributed by atoms with Crippen molar-refractivity contribution in [3.63, 3.8) is 0 Å². The molecule has 78 valence electrons. The van der Waals surface area contributed by atoms with Gasteiger partial charge in [0.15, 0.2) is 0 Å². The van der Waals surface area contributed by atoms with E-state index in [1.807, 2.05) is 0 Å². The normalized spacial score (nSPS) is 31.7. The summed E-state index contributed by atoms with van der Waals surface area (Å²) in [5, 5.41) is 0.129. The van der Waals surface area contributed by atoms with E-state index in [0.717, 1.165) is 6.08 Å². The van der Waals surface area contributed by atoms with Crippen LogP contribution in [0.15, 0.2) is 16.2 Å². The molecule has 2 aliphatic rings. The minimum atomic E-state index is -4.20. The van der Waals surface area contributed by atoms with Crippen LogP contribution >= 0.6 is 11.6 Å². The average Bonchev–Trinajstić information content (AvgIpc) is 2.50. The second kappa shape index (κ2) is 3.15. The van der Waals surface area contributed by atoms with Gasteiger partial charge in [-0.1, -0.05) is 11.6 Å². The quantitative estimate of drug-likeness (QED) is 0.577. The third kappa shape index (κ3) is 1.61. The fourth-order valence-corrected chi connectivity index (χ4v) is 2.03. The maximum absolute atomic E-state index is 12.4. The number of nitrogens with zero attached hydrogens (tertiary/aromatic N) is 2. The van der Waals surface area contributed by atoms with Gasteiger partial charge in [-0.05, 0) is 12.5 Å². The Morgan fingerprint density at radius 3 is 2.86 bits per heavy atom. The van der Waals surface area contributed by atoms with Crippen molar-refractivity contribution in [2.45, 2.75) is 18.6 Å². The summed E-state index contributed by atoms with van der Waals surface area (Å²) in [6.45, 7) is 0.399. The number of hydrogen-bond acceptors (Lipinski definition) is 2. The molecule has 0 amide bonds. The van der Waals surface area contributed by atoms with Gasteiger partial charge in [0.05, 0.1) is 24.8 Å². The molecule has 0 aromatic heterocycles. The van der Waals surface area contributed by atoms with Gasteiger partial charge in [0.25, 0.3) is 0 Å². The average molecular weight is 225 g/mol. The van der Waals surface area contributed by atoms with E-state index in [9.17, 15) is 13.2 Å². The van der Waals surface area contributed by atoms with Crippen molar-refractivity contribution >= 4 is 17.9 Å². The third-order valence-corrected chi connectivity index (χ3v) is 2.77. The van der Waals surface area contributed by atoms with Gasteiger partial charge >= 0.3 is 6.18 Å². The number of rotatable bonds is 0. The molecule has 2 rings (SSSR count). The number of halogens is 4. The first-order chi connectivity index (χ1) is 6.48. The van der Waals surface area contributed by atoms with Crippen LogP contribution in [0.4, 0.5) is 13.2 Å². The topological polar surface area (TPSA) is 15.6 Å². The molecule has 2 heterocycles. The highest BCUT2D eigenvalue weighted by Crippen LogP contribution is 2.38. The molecule has 14 heavy (non-hydrogen) atoms. The van der Waals surface area contributed by atoms with Gasteiger partial charge < -0.3 is 4.90 Å². The van der Waals surface area contributed by atoms with Crippen molar-refractivity contribution in [3.8, 4) is 0 Å². The van der Waals surface area contributed by atoms with Crippen molar-refractivity contribution in [2.75, 3.05) is 6.54 Å². The molecule has 0 aromatic carbocycles. The van der Waals surface area contributed by atoms with Crippen molar-refractivity contribution in [1.29, 1.82) is 0 Å². The minimum absolute atomic E-state index is 0.0414. The first-order valence-corrected chi connectivity index (χ1v) is 4.58. The van der Waals surface area contributed by atoms with E-state index >= 15 is 0 Å². The summed E-state index contributed by atoms with van der Waals surface area (Å²) in [5.74, 6) is -1.43. The van der Waals surface area contributed by atoms with Crippen LogP contribution in [0.3, 0.4) is 0 Å². The van der Waals surface area contributed by atoms with E-state index in [1.54, 1.807) is 4.90 Å². The fourth-order valence-electron chi connectivity index (χ4n) is 1.70. The van der Waals surface area contributed by atoms with Gasteiger partial charge in [-0.25, -0.2) is 0 Å².